The zero-order chi connectivity index (χ0) is 22.7. The van der Waals surface area contributed by atoms with E-state index in [1.54, 1.807) is 25.1 Å². The van der Waals surface area contributed by atoms with Crippen LogP contribution in [0.2, 0.25) is 0 Å². The number of aromatic nitrogens is 1. The van der Waals surface area contributed by atoms with Crippen molar-refractivity contribution >= 4 is 23.4 Å². The molecule has 1 aliphatic rings. The van der Waals surface area contributed by atoms with Crippen molar-refractivity contribution in [3.05, 3.63) is 79.8 Å². The van der Waals surface area contributed by atoms with E-state index in [4.69, 9.17) is 14.2 Å². The maximum Gasteiger partial charge on any atom is 0.338 e. The minimum atomic E-state index is -0.666. The van der Waals surface area contributed by atoms with Gasteiger partial charge in [-0.25, -0.2) is 4.79 Å². The van der Waals surface area contributed by atoms with E-state index < -0.39 is 5.60 Å². The maximum atomic E-state index is 11.9. The zero-order valence-corrected chi connectivity index (χ0v) is 18.5. The first-order valence-corrected chi connectivity index (χ1v) is 11.0. The molecule has 0 bridgehead atoms. The van der Waals surface area contributed by atoms with Gasteiger partial charge < -0.3 is 19.3 Å². The third kappa shape index (κ3) is 4.86. The number of esters is 1. The molecule has 3 aromatic rings. The quantitative estimate of drug-likeness (QED) is 0.522. The molecule has 4 rings (SSSR count). The smallest absolute Gasteiger partial charge is 0.338 e. The van der Waals surface area contributed by atoms with Crippen molar-refractivity contribution in [2.24, 2.45) is 0 Å². The van der Waals surface area contributed by atoms with Gasteiger partial charge in [-0.2, -0.15) is 0 Å². The summed E-state index contributed by atoms with van der Waals surface area (Å²) >= 11 is 0.999. The van der Waals surface area contributed by atoms with E-state index in [1.807, 2.05) is 43.3 Å². The Bertz CT molecular complexity index is 1210. The Morgan fingerprint density at radius 3 is 2.69 bits per heavy atom. The Morgan fingerprint density at radius 1 is 1.22 bits per heavy atom. The summed E-state index contributed by atoms with van der Waals surface area (Å²) in [7, 11) is 0. The summed E-state index contributed by atoms with van der Waals surface area (Å²) in [5.41, 5.74) is 1.58. The van der Waals surface area contributed by atoms with Gasteiger partial charge in [0.15, 0.2) is 5.60 Å². The van der Waals surface area contributed by atoms with E-state index in [1.165, 1.54) is 0 Å². The Morgan fingerprint density at radius 2 is 2.00 bits per heavy atom. The third-order valence-electron chi connectivity index (χ3n) is 4.99. The molecule has 32 heavy (non-hydrogen) atoms. The number of ether oxygens (including phenoxy) is 3. The van der Waals surface area contributed by atoms with Crippen LogP contribution in [0.3, 0.4) is 0 Å². The van der Waals surface area contributed by atoms with E-state index in [0.29, 0.717) is 41.6 Å². The second-order valence-electron chi connectivity index (χ2n) is 7.62. The van der Waals surface area contributed by atoms with Crippen molar-refractivity contribution in [2.75, 3.05) is 13.2 Å². The van der Waals surface area contributed by atoms with Gasteiger partial charge in [-0.05, 0) is 55.8 Å². The number of aromatic hydroxyl groups is 1. The van der Waals surface area contributed by atoms with Gasteiger partial charge >= 0.3 is 10.8 Å². The normalized spacial score (nSPS) is 16.8. The van der Waals surface area contributed by atoms with E-state index in [2.05, 4.69) is 4.98 Å². The second kappa shape index (κ2) is 8.92. The number of carbonyl (C=O) groups is 1. The van der Waals surface area contributed by atoms with Crippen LogP contribution < -0.4 is 14.3 Å². The first kappa shape index (κ1) is 21.7. The zero-order valence-electron chi connectivity index (χ0n) is 17.7. The van der Waals surface area contributed by atoms with Crippen LogP contribution >= 0.6 is 11.3 Å². The molecule has 0 saturated heterocycles. The highest BCUT2D eigenvalue weighted by molar-refractivity contribution is 7.09. The molecule has 166 valence electrons. The van der Waals surface area contributed by atoms with Gasteiger partial charge in [0.1, 0.15) is 18.1 Å². The number of aromatic amines is 1. The molecule has 1 unspecified atom stereocenters. The Hall–Kier alpha value is -3.52. The van der Waals surface area contributed by atoms with Crippen molar-refractivity contribution in [3.63, 3.8) is 0 Å². The van der Waals surface area contributed by atoms with Gasteiger partial charge in [0.25, 0.3) is 0 Å². The summed E-state index contributed by atoms with van der Waals surface area (Å²) < 4.78 is 17.1. The highest BCUT2D eigenvalue weighted by Gasteiger charge is 2.29. The van der Waals surface area contributed by atoms with Gasteiger partial charge in [0, 0.05) is 12.0 Å². The fourth-order valence-corrected chi connectivity index (χ4v) is 4.09. The molecule has 1 aromatic heterocycles. The number of rotatable bonds is 7. The lowest BCUT2D eigenvalue weighted by Crippen LogP contribution is -2.38. The number of H-pyrrole nitrogens is 1. The second-order valence-corrected chi connectivity index (χ2v) is 8.68. The summed E-state index contributed by atoms with van der Waals surface area (Å²) in [6.45, 7) is 4.32. The van der Waals surface area contributed by atoms with Crippen molar-refractivity contribution in [2.45, 2.75) is 25.9 Å². The predicted molar refractivity (Wildman–Crippen MR) is 122 cm³/mol. The van der Waals surface area contributed by atoms with Crippen molar-refractivity contribution in [3.8, 4) is 17.4 Å². The molecule has 0 saturated carbocycles. The summed E-state index contributed by atoms with van der Waals surface area (Å²) in [6.07, 6.45) is 4.29. The van der Waals surface area contributed by atoms with E-state index >= 15 is 0 Å². The largest absolute Gasteiger partial charge is 0.494 e. The molecule has 1 aliphatic heterocycles. The molecule has 2 aromatic carbocycles. The summed E-state index contributed by atoms with van der Waals surface area (Å²) in [6, 6.07) is 12.7. The van der Waals surface area contributed by atoms with E-state index in [9.17, 15) is 14.7 Å². The standard InChI is InChI=1S/C24H23NO6S/c1-3-29-22(27)17-6-9-19-16(13-17)10-11-24(2,31-19)14-30-18-7-4-15(5-8-18)12-20-21(26)25-23(28)32-20/h4-11,13,26H,3,12,14H2,1-2H3,(H,25,28). The molecule has 0 spiro atoms. The molecular weight excluding hydrogens is 430 g/mol. The SMILES string of the molecule is CCOC(=O)c1ccc2c(c1)C=CC(C)(COc1ccc(Cc3sc(=O)[nH]c3O)cc1)O2. The van der Waals surface area contributed by atoms with Crippen LogP contribution in [0.1, 0.15) is 40.2 Å². The lowest BCUT2D eigenvalue weighted by Gasteiger charge is -2.31. The van der Waals surface area contributed by atoms with Crippen molar-refractivity contribution in [1.82, 2.24) is 4.98 Å². The fraction of sp³-hybridized carbons (Fsp3) is 0.250. The van der Waals surface area contributed by atoms with Crippen LogP contribution in [0, 0.1) is 0 Å². The minimum absolute atomic E-state index is 0.0795. The van der Waals surface area contributed by atoms with Crippen LogP contribution in [0.25, 0.3) is 6.08 Å². The molecule has 1 atom stereocenters. The van der Waals surface area contributed by atoms with Crippen LogP contribution in [0.4, 0.5) is 0 Å². The van der Waals surface area contributed by atoms with E-state index in [-0.39, 0.29) is 16.7 Å². The number of nitrogens with one attached hydrogen (secondary N) is 1. The summed E-state index contributed by atoms with van der Waals surface area (Å²) in [4.78, 5) is 25.9. The maximum absolute atomic E-state index is 11.9. The average molecular weight is 454 g/mol. The first-order valence-electron chi connectivity index (χ1n) is 10.2. The van der Waals surface area contributed by atoms with Gasteiger partial charge in [0.2, 0.25) is 5.88 Å². The van der Waals surface area contributed by atoms with Gasteiger partial charge in [-0.15, -0.1) is 0 Å². The molecule has 0 aliphatic carbocycles. The monoisotopic (exact) mass is 453 g/mol. The number of hydrogen-bond acceptors (Lipinski definition) is 7. The molecule has 7 nitrogen and oxygen atoms in total. The van der Waals surface area contributed by atoms with E-state index in [0.717, 1.165) is 22.5 Å². The first-order chi connectivity index (χ1) is 15.3. The topological polar surface area (TPSA) is 97.9 Å². The van der Waals surface area contributed by atoms with Crippen LogP contribution in [-0.4, -0.2) is 34.9 Å². The molecule has 8 heteroatoms. The average Bonchev–Trinajstić information content (AvgIpc) is 3.09. The number of fused-ring (bicyclic) bond motifs is 1. The third-order valence-corrected chi connectivity index (χ3v) is 5.86. The number of benzene rings is 2. The summed E-state index contributed by atoms with van der Waals surface area (Å²) in [5, 5.41) is 9.73. The lowest BCUT2D eigenvalue weighted by molar-refractivity contribution is 0.0525. The summed E-state index contributed by atoms with van der Waals surface area (Å²) in [5.74, 6) is 0.919. The van der Waals surface area contributed by atoms with Gasteiger partial charge in [0.05, 0.1) is 17.0 Å². The lowest BCUT2D eigenvalue weighted by atomic mass is 9.99. The number of hydrogen-bond donors (Lipinski definition) is 2. The van der Waals surface area contributed by atoms with Crippen molar-refractivity contribution in [1.29, 1.82) is 0 Å². The predicted octanol–water partition coefficient (Wildman–Crippen LogP) is 4.15. The van der Waals surface area contributed by atoms with Crippen LogP contribution in [0.15, 0.2) is 53.3 Å². The van der Waals surface area contributed by atoms with Gasteiger partial charge in [-0.3, -0.25) is 9.78 Å². The molecular formula is C24H23NO6S. The molecule has 0 fully saturated rings. The van der Waals surface area contributed by atoms with Crippen molar-refractivity contribution < 1.29 is 24.1 Å². The molecule has 2 heterocycles. The minimum Gasteiger partial charge on any atom is -0.494 e. The Balaban J connectivity index is 1.38. The highest BCUT2D eigenvalue weighted by Crippen LogP contribution is 2.32. The number of carbonyl (C=O) groups excluding carboxylic acids is 1. The van der Waals surface area contributed by atoms with Crippen LogP contribution in [0.5, 0.6) is 17.4 Å². The molecule has 2 N–H and O–H groups in total. The Labute approximate surface area is 188 Å². The fourth-order valence-electron chi connectivity index (χ4n) is 3.33. The molecule has 0 amide bonds. The Kier molecular flexibility index (Phi) is 6.05. The van der Waals surface area contributed by atoms with Crippen LogP contribution in [-0.2, 0) is 11.2 Å². The highest BCUT2D eigenvalue weighted by atomic mass is 32.1. The van der Waals surface area contributed by atoms with Gasteiger partial charge in [-0.1, -0.05) is 29.5 Å². The molecule has 0 radical (unpaired) electrons. The number of thiazole rings is 1.